The summed E-state index contributed by atoms with van der Waals surface area (Å²) in [5, 5.41) is 10.3. The van der Waals surface area contributed by atoms with Crippen molar-refractivity contribution in [2.75, 3.05) is 39.4 Å². The molecule has 43 heavy (non-hydrogen) atoms. The molecule has 15 heteroatoms. The van der Waals surface area contributed by atoms with Gasteiger partial charge in [-0.3, -0.25) is 23.9 Å². The third-order valence-corrected chi connectivity index (χ3v) is 7.61. The first-order chi connectivity index (χ1) is 20.6. The summed E-state index contributed by atoms with van der Waals surface area (Å²) in [5.41, 5.74) is 6.31. The maximum Gasteiger partial charge on any atom is 0.416 e. The molecule has 2 amide bonds. The van der Waals surface area contributed by atoms with Gasteiger partial charge in [0.05, 0.1) is 29.8 Å². The number of halogens is 3. The van der Waals surface area contributed by atoms with Crippen molar-refractivity contribution in [1.29, 1.82) is 0 Å². The molecule has 0 radical (unpaired) electrons. The van der Waals surface area contributed by atoms with Crippen molar-refractivity contribution in [2.24, 2.45) is 5.73 Å². The first kappa shape index (κ1) is 31.5. The third kappa shape index (κ3) is 7.88. The molecule has 1 aliphatic heterocycles. The lowest BCUT2D eigenvalue weighted by molar-refractivity contribution is -0.138. The van der Waals surface area contributed by atoms with E-state index in [1.807, 2.05) is 0 Å². The molecule has 228 valence electrons. The van der Waals surface area contributed by atoms with E-state index in [1.165, 1.54) is 30.6 Å². The number of amides is 2. The lowest BCUT2D eigenvalue weighted by Crippen LogP contribution is -2.41. The molecule has 0 unspecified atom stereocenters. The molecule has 0 bridgehead atoms. The molecule has 0 atom stereocenters. The van der Waals surface area contributed by atoms with Gasteiger partial charge in [-0.15, -0.1) is 11.3 Å². The highest BCUT2D eigenvalue weighted by Gasteiger charge is 2.33. The summed E-state index contributed by atoms with van der Waals surface area (Å²) >= 11 is 1.01. The zero-order valence-corrected chi connectivity index (χ0v) is 23.5. The van der Waals surface area contributed by atoms with Gasteiger partial charge < -0.3 is 25.6 Å². The van der Waals surface area contributed by atoms with Gasteiger partial charge in [-0.05, 0) is 24.3 Å². The van der Waals surface area contributed by atoms with Crippen molar-refractivity contribution < 1.29 is 42.1 Å². The maximum atomic E-state index is 13.4. The average Bonchev–Trinajstić information content (AvgIpc) is 3.61. The number of fused-ring (bicyclic) bond motifs is 1. The number of imidazole rings is 1. The first-order valence-electron chi connectivity index (χ1n) is 13.0. The molecule has 5 rings (SSSR count). The van der Waals surface area contributed by atoms with Gasteiger partial charge in [0.2, 0.25) is 0 Å². The number of morpholine rings is 1. The van der Waals surface area contributed by atoms with Crippen LogP contribution in [0.15, 0.2) is 54.9 Å². The summed E-state index contributed by atoms with van der Waals surface area (Å²) in [6.45, 7) is 3.57. The molecule has 1 aliphatic rings. The number of hydrogen-bond donors (Lipinski definition) is 3. The lowest BCUT2D eigenvalue weighted by atomic mass is 10.1. The monoisotopic (exact) mass is 619 g/mol. The van der Waals surface area contributed by atoms with Crippen LogP contribution in [-0.4, -0.2) is 77.2 Å². The second-order valence-electron chi connectivity index (χ2n) is 9.22. The van der Waals surface area contributed by atoms with E-state index < -0.39 is 24.3 Å². The Morgan fingerprint density at radius 3 is 2.58 bits per heavy atom. The Morgan fingerprint density at radius 2 is 1.88 bits per heavy atom. The maximum absolute atomic E-state index is 13.4. The molecule has 0 spiro atoms. The second-order valence-corrected chi connectivity index (χ2v) is 10.2. The van der Waals surface area contributed by atoms with Crippen LogP contribution < -0.4 is 15.8 Å². The van der Waals surface area contributed by atoms with Crippen LogP contribution >= 0.6 is 11.3 Å². The third-order valence-electron chi connectivity index (χ3n) is 6.48. The number of nitrogens with one attached hydrogen (secondary N) is 1. The average molecular weight is 620 g/mol. The highest BCUT2D eigenvalue weighted by molar-refractivity contribution is 7.16. The zero-order chi connectivity index (χ0) is 31.0. The summed E-state index contributed by atoms with van der Waals surface area (Å²) in [4.78, 5) is 40.0. The fraction of sp³-hybridized carbons (Fsp3) is 0.286. The van der Waals surface area contributed by atoms with Crippen LogP contribution in [0.1, 0.15) is 31.2 Å². The minimum atomic E-state index is -4.55. The number of carbonyl (C=O) groups is 3. The second kappa shape index (κ2) is 14.1. The molecule has 3 heterocycles. The molecular formula is C28H28F3N5O6S. The SMILES string of the molecule is NC(=O)c1sc(-n2cnc3ccc(C(=O)NCCN4CCOCC4)cc32)cc1OCc1ccccc1C(F)(F)F.O=CO. The number of carboxylic acid groups (broad SMARTS) is 1. The Hall–Kier alpha value is -4.47. The largest absolute Gasteiger partial charge is 0.487 e. The van der Waals surface area contributed by atoms with Crippen molar-refractivity contribution >= 4 is 40.7 Å². The minimum absolute atomic E-state index is 0.0540. The van der Waals surface area contributed by atoms with Gasteiger partial charge in [0.1, 0.15) is 28.6 Å². The van der Waals surface area contributed by atoms with E-state index in [0.29, 0.717) is 41.4 Å². The summed E-state index contributed by atoms with van der Waals surface area (Å²) in [5.74, 6) is -0.956. The van der Waals surface area contributed by atoms with Gasteiger partial charge in [0.15, 0.2) is 0 Å². The summed E-state index contributed by atoms with van der Waals surface area (Å²) in [6, 6.07) is 11.7. The van der Waals surface area contributed by atoms with E-state index in [1.54, 1.807) is 22.8 Å². The molecule has 11 nitrogen and oxygen atoms in total. The van der Waals surface area contributed by atoms with E-state index in [2.05, 4.69) is 15.2 Å². The van der Waals surface area contributed by atoms with Crippen LogP contribution in [0.3, 0.4) is 0 Å². The van der Waals surface area contributed by atoms with Gasteiger partial charge in [0, 0.05) is 43.4 Å². The van der Waals surface area contributed by atoms with E-state index in [4.69, 9.17) is 25.1 Å². The Balaban J connectivity index is 0.00000135. The van der Waals surface area contributed by atoms with Crippen LogP contribution in [0.5, 0.6) is 5.75 Å². The predicted octanol–water partition coefficient (Wildman–Crippen LogP) is 3.55. The summed E-state index contributed by atoms with van der Waals surface area (Å²) < 4.78 is 52.9. The van der Waals surface area contributed by atoms with Gasteiger partial charge in [-0.2, -0.15) is 13.2 Å². The van der Waals surface area contributed by atoms with Gasteiger partial charge in [-0.25, -0.2) is 4.98 Å². The molecule has 1 fully saturated rings. The van der Waals surface area contributed by atoms with Crippen LogP contribution in [0, 0.1) is 0 Å². The molecule has 4 aromatic rings. The van der Waals surface area contributed by atoms with Crippen molar-refractivity contribution in [3.63, 3.8) is 0 Å². The van der Waals surface area contributed by atoms with Crippen LogP contribution in [0.4, 0.5) is 13.2 Å². The number of aromatic nitrogens is 2. The van der Waals surface area contributed by atoms with E-state index in [-0.39, 0.29) is 28.6 Å². The molecule has 2 aromatic carbocycles. The summed E-state index contributed by atoms with van der Waals surface area (Å²) in [7, 11) is 0. The Labute approximate surface area is 247 Å². The molecule has 1 saturated heterocycles. The quantitative estimate of drug-likeness (QED) is 0.241. The highest BCUT2D eigenvalue weighted by Crippen LogP contribution is 2.36. The standard InChI is InChI=1S/C27H26F3N5O4S.CH2O2/c28-27(29,30)19-4-2-1-3-18(19)15-39-22-14-23(40-24(22)25(31)36)35-16-33-20-6-5-17(13-21(20)35)26(37)32-7-8-34-9-11-38-12-10-34;2-1-3/h1-6,13-14,16H,7-12,15H2,(H2,31,36)(H,32,37);1H,(H,2,3). The Kier molecular flexibility index (Phi) is 10.3. The number of nitrogens with two attached hydrogens (primary N) is 1. The Morgan fingerprint density at radius 1 is 1.16 bits per heavy atom. The van der Waals surface area contributed by atoms with E-state index in [0.717, 1.165) is 37.0 Å². The van der Waals surface area contributed by atoms with E-state index in [9.17, 15) is 22.8 Å². The molecule has 2 aromatic heterocycles. The Bertz CT molecular complexity index is 1580. The predicted molar refractivity (Wildman–Crippen MR) is 152 cm³/mol. The van der Waals surface area contributed by atoms with Crippen LogP contribution in [-0.2, 0) is 22.3 Å². The number of benzene rings is 2. The number of rotatable bonds is 9. The van der Waals surface area contributed by atoms with Gasteiger partial charge in [0.25, 0.3) is 18.3 Å². The highest BCUT2D eigenvalue weighted by atomic mass is 32.1. The van der Waals surface area contributed by atoms with Crippen molar-refractivity contribution in [2.45, 2.75) is 12.8 Å². The van der Waals surface area contributed by atoms with Gasteiger partial charge >= 0.3 is 6.18 Å². The normalized spacial score (nSPS) is 13.7. The molecule has 0 aliphatic carbocycles. The zero-order valence-electron chi connectivity index (χ0n) is 22.7. The lowest BCUT2D eigenvalue weighted by Gasteiger charge is -2.26. The first-order valence-corrected chi connectivity index (χ1v) is 13.8. The number of primary amides is 1. The molecular weight excluding hydrogens is 591 g/mol. The fourth-order valence-corrected chi connectivity index (χ4v) is 5.35. The molecule has 4 N–H and O–H groups in total. The number of nitrogens with zero attached hydrogens (tertiary/aromatic N) is 3. The van der Waals surface area contributed by atoms with Gasteiger partial charge in [-0.1, -0.05) is 18.2 Å². The number of thiophene rings is 1. The van der Waals surface area contributed by atoms with Crippen molar-refractivity contribution in [3.8, 4) is 10.8 Å². The van der Waals surface area contributed by atoms with Crippen LogP contribution in [0.2, 0.25) is 0 Å². The molecule has 0 saturated carbocycles. The minimum Gasteiger partial charge on any atom is -0.487 e. The van der Waals surface area contributed by atoms with E-state index >= 15 is 0 Å². The summed E-state index contributed by atoms with van der Waals surface area (Å²) in [6.07, 6.45) is -3.02. The smallest absolute Gasteiger partial charge is 0.416 e. The fourth-order valence-electron chi connectivity index (χ4n) is 4.42. The number of alkyl halides is 3. The number of carbonyl (C=O) groups excluding carboxylic acids is 2. The van der Waals surface area contributed by atoms with Crippen molar-refractivity contribution in [1.82, 2.24) is 19.8 Å². The topological polar surface area (TPSA) is 149 Å². The van der Waals surface area contributed by atoms with Crippen molar-refractivity contribution in [3.05, 3.63) is 76.4 Å². The number of ether oxygens (including phenoxy) is 2. The van der Waals surface area contributed by atoms with Crippen LogP contribution in [0.25, 0.3) is 16.0 Å². The number of hydrogen-bond acceptors (Lipinski definition) is 8.